The molecule has 0 aromatic heterocycles. The molecule has 0 bridgehead atoms. The Labute approximate surface area is 355 Å². The van der Waals surface area contributed by atoms with Gasteiger partial charge in [-0.2, -0.15) is 0 Å². The number of methoxy groups -OCH3 is 1. The molecule has 0 amide bonds. The van der Waals surface area contributed by atoms with E-state index in [0.717, 1.165) is 55.2 Å². The Morgan fingerprint density at radius 1 is 0.879 bits per heavy atom. The normalized spacial score (nSPS) is 29.7. The van der Waals surface area contributed by atoms with Gasteiger partial charge in [0.05, 0.1) is 66.1 Å². The van der Waals surface area contributed by atoms with Gasteiger partial charge in [0.25, 0.3) is 0 Å². The molecule has 0 spiro atoms. The van der Waals surface area contributed by atoms with E-state index in [0.29, 0.717) is 24.3 Å². The van der Waals surface area contributed by atoms with E-state index in [-0.39, 0.29) is 58.9 Å². The second-order valence-corrected chi connectivity index (χ2v) is 32.3. The van der Waals surface area contributed by atoms with Crippen LogP contribution in [0.1, 0.15) is 105 Å². The van der Waals surface area contributed by atoms with Gasteiger partial charge in [-0.3, -0.25) is 0 Å². The van der Waals surface area contributed by atoms with Crippen LogP contribution in [-0.2, 0) is 37.6 Å². The summed E-state index contributed by atoms with van der Waals surface area (Å²) in [6.07, 6.45) is 4.10. The fourth-order valence-electron chi connectivity index (χ4n) is 8.20. The Bertz CT molecular complexity index is 1610. The lowest BCUT2D eigenvalue weighted by Crippen LogP contribution is -2.49. The van der Waals surface area contributed by atoms with Gasteiger partial charge in [-0.05, 0) is 111 Å². The van der Waals surface area contributed by atoms with E-state index in [1.54, 1.807) is 19.2 Å². The Kier molecular flexibility index (Phi) is 17.0. The van der Waals surface area contributed by atoms with Crippen LogP contribution in [0.15, 0.2) is 53.5 Å². The van der Waals surface area contributed by atoms with Gasteiger partial charge in [-0.25, -0.2) is 8.42 Å². The first-order chi connectivity index (χ1) is 26.8. The number of sulfone groups is 1. The van der Waals surface area contributed by atoms with Crippen molar-refractivity contribution in [2.45, 2.75) is 197 Å². The zero-order chi connectivity index (χ0) is 43.4. The number of hydrogen-bond acceptors (Lipinski definition) is 9. The molecular weight excluding hydrogens is 785 g/mol. The molecule has 3 saturated heterocycles. The highest BCUT2D eigenvalue weighted by Crippen LogP contribution is 2.44. The first kappa shape index (κ1) is 49.5. The Hall–Kier alpha value is -1.20. The Balaban J connectivity index is 1.61. The third-order valence-corrected chi connectivity index (χ3v) is 24.9. The summed E-state index contributed by atoms with van der Waals surface area (Å²) in [6, 6.07) is 7.10. The number of aryl methyl sites for hydroxylation is 1. The van der Waals surface area contributed by atoms with E-state index in [1.165, 1.54) is 0 Å². The van der Waals surface area contributed by atoms with E-state index < -0.39 is 50.7 Å². The summed E-state index contributed by atoms with van der Waals surface area (Å²) in [4.78, 5) is 0.304. The van der Waals surface area contributed by atoms with E-state index in [4.69, 9.17) is 27.8 Å². The van der Waals surface area contributed by atoms with E-state index in [2.05, 4.69) is 87.8 Å². The molecule has 0 saturated carbocycles. The molecule has 3 heterocycles. The summed E-state index contributed by atoms with van der Waals surface area (Å²) in [5.41, 5.74) is 3.14. The molecule has 332 valence electrons. The predicted molar refractivity (Wildman–Crippen MR) is 240 cm³/mol. The van der Waals surface area contributed by atoms with Gasteiger partial charge in [0.1, 0.15) is 0 Å². The molecule has 3 fully saturated rings. The lowest BCUT2D eigenvalue weighted by atomic mass is 9.83. The van der Waals surface area contributed by atoms with Crippen LogP contribution in [0.3, 0.4) is 0 Å². The van der Waals surface area contributed by atoms with Crippen LogP contribution in [-0.4, -0.2) is 105 Å². The summed E-state index contributed by atoms with van der Waals surface area (Å²) < 4.78 is 68.9. The molecule has 1 N–H and O–H groups in total. The van der Waals surface area contributed by atoms with Crippen molar-refractivity contribution in [3.63, 3.8) is 0 Å². The maximum absolute atomic E-state index is 14.2. The van der Waals surface area contributed by atoms with Gasteiger partial charge < -0.3 is 32.9 Å². The lowest BCUT2D eigenvalue weighted by molar-refractivity contribution is -0.0782. The van der Waals surface area contributed by atoms with Crippen LogP contribution < -0.4 is 0 Å². The molecule has 0 aliphatic carbocycles. The topological polar surface area (TPSA) is 110 Å². The number of aliphatic hydroxyl groups excluding tert-OH is 1. The van der Waals surface area contributed by atoms with Gasteiger partial charge in [-0.15, -0.1) is 0 Å². The predicted octanol–water partition coefficient (Wildman–Crippen LogP) is 9.98. The van der Waals surface area contributed by atoms with Crippen molar-refractivity contribution >= 4 is 26.5 Å². The monoisotopic (exact) mass is 865 g/mol. The maximum Gasteiger partial charge on any atom is 0.192 e. The highest BCUT2D eigenvalue weighted by atomic mass is 32.2. The quantitative estimate of drug-likeness (QED) is 0.107. The third kappa shape index (κ3) is 12.7. The fraction of sp³-hybridized carbons (Fsp3) is 0.783. The van der Waals surface area contributed by atoms with Crippen LogP contribution in [0.5, 0.6) is 0 Å². The first-order valence-corrected chi connectivity index (χ1v) is 29.3. The first-order valence-electron chi connectivity index (χ1n) is 21.9. The van der Waals surface area contributed by atoms with Crippen LogP contribution in [0.4, 0.5) is 0 Å². The van der Waals surface area contributed by atoms with Gasteiger partial charge in [-0.1, -0.05) is 79.3 Å². The largest absolute Gasteiger partial charge is 0.414 e. The zero-order valence-corrected chi connectivity index (χ0v) is 41.2. The van der Waals surface area contributed by atoms with Crippen molar-refractivity contribution in [3.8, 4) is 0 Å². The molecule has 58 heavy (non-hydrogen) atoms. The maximum atomic E-state index is 14.2. The molecule has 12 heteroatoms. The molecule has 4 rings (SSSR count). The zero-order valence-electron chi connectivity index (χ0n) is 38.4. The minimum absolute atomic E-state index is 0.00147. The van der Waals surface area contributed by atoms with Crippen molar-refractivity contribution in [2.24, 2.45) is 11.8 Å². The molecule has 3 aliphatic rings. The Morgan fingerprint density at radius 2 is 1.50 bits per heavy atom. The molecule has 0 unspecified atom stereocenters. The summed E-state index contributed by atoms with van der Waals surface area (Å²) in [7, 11) is -6.38. The van der Waals surface area contributed by atoms with Crippen LogP contribution in [0.25, 0.3) is 0 Å². The van der Waals surface area contributed by atoms with Crippen molar-refractivity contribution in [1.82, 2.24) is 0 Å². The van der Waals surface area contributed by atoms with Gasteiger partial charge in [0, 0.05) is 32.5 Å². The number of ether oxygens (including phenoxy) is 4. The molecule has 9 nitrogen and oxygen atoms in total. The third-order valence-electron chi connectivity index (χ3n) is 14.1. The summed E-state index contributed by atoms with van der Waals surface area (Å²) >= 11 is 0. The number of aliphatic hydroxyl groups is 1. The highest BCUT2D eigenvalue weighted by molar-refractivity contribution is 7.91. The average molecular weight is 865 g/mol. The van der Waals surface area contributed by atoms with Crippen molar-refractivity contribution in [3.05, 3.63) is 54.1 Å². The number of hydrogen-bond donors (Lipinski definition) is 1. The van der Waals surface area contributed by atoms with Gasteiger partial charge in [0.2, 0.25) is 0 Å². The Morgan fingerprint density at radius 3 is 2.09 bits per heavy atom. The number of rotatable bonds is 19. The molecule has 1 aromatic carbocycles. The van der Waals surface area contributed by atoms with E-state index in [1.807, 2.05) is 19.1 Å². The van der Waals surface area contributed by atoms with Crippen LogP contribution in [0, 0.1) is 18.8 Å². The molecule has 10 atom stereocenters. The molecule has 3 aliphatic heterocycles. The van der Waals surface area contributed by atoms with Crippen molar-refractivity contribution in [2.75, 3.05) is 26.1 Å². The second kappa shape index (κ2) is 19.9. The molecule has 1 aromatic rings. The minimum Gasteiger partial charge on any atom is -0.414 e. The van der Waals surface area contributed by atoms with E-state index >= 15 is 0 Å². The second-order valence-electron chi connectivity index (χ2n) is 20.7. The average Bonchev–Trinajstić information content (AvgIpc) is 3.63. The minimum atomic E-state index is -3.69. The summed E-state index contributed by atoms with van der Waals surface area (Å²) in [5.74, 6) is -0.330. The van der Waals surface area contributed by atoms with Gasteiger partial charge >= 0.3 is 0 Å². The van der Waals surface area contributed by atoms with Crippen molar-refractivity contribution in [1.29, 1.82) is 0 Å². The molecule has 0 radical (unpaired) electrons. The summed E-state index contributed by atoms with van der Waals surface area (Å²) in [5, 5.41) is 9.32. The van der Waals surface area contributed by atoms with Crippen molar-refractivity contribution < 1.29 is 41.3 Å². The number of benzene rings is 1. The lowest BCUT2D eigenvalue weighted by Gasteiger charge is -2.42. The highest BCUT2D eigenvalue weighted by Gasteiger charge is 2.50. The fourth-order valence-corrected chi connectivity index (χ4v) is 12.2. The van der Waals surface area contributed by atoms with E-state index in [9.17, 15) is 13.5 Å². The van der Waals surface area contributed by atoms with Crippen LogP contribution >= 0.6 is 0 Å². The smallest absolute Gasteiger partial charge is 0.192 e. The SMILES string of the molecule is C=C1C[C@H](CCCO)O[C@H]1CC[C@H]1C[C@H](C)C(=C)[C@@H](C[C@@H]2O[C@H](C[C@H](CO[Si](C)(C)C(C)(C)C)O[Si](C)(C)C(C)(C)C)[C@H](OC)[C@H]2CS(=O)(=O)c2ccc(C)cc2)O1. The van der Waals surface area contributed by atoms with Crippen LogP contribution in [0.2, 0.25) is 36.3 Å². The standard InChI is InChI=1S/C46H80O9SSi2/c1-31-18-21-38(22-19-31)56(48,49)30-39-42(28-41-34(4)32(2)25-36(53-41)20-23-40-33(3)26-35(52-40)17-16-24-47)54-43(44(39)50-11)27-37(55-58(14,15)46(8,9)10)29-51-57(12,13)45(5,6)7/h18-19,21-22,32,35-37,39-44,47H,3-4,16-17,20,23-30H2,1-2,5-15H3/t32-,35-,36-,37+,39-,40-,41+,42-,43+,44+/m0/s1. The van der Waals surface area contributed by atoms with Gasteiger partial charge in [0.15, 0.2) is 26.5 Å². The summed E-state index contributed by atoms with van der Waals surface area (Å²) in [6.45, 7) is 36.1. The molecular formula is C46H80O9SSi2.